The minimum atomic E-state index is -0.346. The number of amides is 1. The minimum absolute atomic E-state index is 0.115. The quantitative estimate of drug-likeness (QED) is 0.531. The molecule has 0 aliphatic carbocycles. The van der Waals surface area contributed by atoms with Crippen LogP contribution >= 0.6 is 15.9 Å². The summed E-state index contributed by atoms with van der Waals surface area (Å²) in [5.41, 5.74) is 2.40. The molecule has 0 aliphatic rings. The van der Waals surface area contributed by atoms with Gasteiger partial charge in [0.1, 0.15) is 17.3 Å². The van der Waals surface area contributed by atoms with Crippen molar-refractivity contribution in [2.75, 3.05) is 6.61 Å². The number of halogens is 1. The van der Waals surface area contributed by atoms with E-state index in [4.69, 9.17) is 9.15 Å². The van der Waals surface area contributed by atoms with E-state index in [1.165, 1.54) is 6.21 Å². The molecular formula is C18H15BrN2O3. The van der Waals surface area contributed by atoms with Crippen molar-refractivity contribution in [3.63, 3.8) is 0 Å². The van der Waals surface area contributed by atoms with Crippen LogP contribution in [-0.2, 0) is 4.79 Å². The summed E-state index contributed by atoms with van der Waals surface area (Å²) < 4.78 is 11.7. The van der Waals surface area contributed by atoms with Gasteiger partial charge in [0, 0.05) is 6.07 Å². The van der Waals surface area contributed by atoms with Gasteiger partial charge < -0.3 is 9.15 Å². The van der Waals surface area contributed by atoms with Crippen LogP contribution in [0.2, 0.25) is 0 Å². The normalized spacial score (nSPS) is 11.1. The average molecular weight is 387 g/mol. The standard InChI is InChI=1S/C18H15BrN2O3/c1-12-17(19)9-16(24-12)10-20-21-18(22)11-23-15-7-6-13-4-2-3-5-14(13)8-15/h2-10H,11H2,1H3,(H,21,22)/b20-10+. The Morgan fingerprint density at radius 1 is 1.25 bits per heavy atom. The highest BCUT2D eigenvalue weighted by Crippen LogP contribution is 2.20. The maximum Gasteiger partial charge on any atom is 0.277 e. The van der Waals surface area contributed by atoms with E-state index in [1.54, 1.807) is 6.07 Å². The second kappa shape index (κ2) is 7.31. The second-order valence-electron chi connectivity index (χ2n) is 5.14. The van der Waals surface area contributed by atoms with E-state index in [0.717, 1.165) is 21.0 Å². The Morgan fingerprint density at radius 2 is 2.04 bits per heavy atom. The Bertz CT molecular complexity index is 883. The summed E-state index contributed by atoms with van der Waals surface area (Å²) in [4.78, 5) is 11.8. The molecule has 24 heavy (non-hydrogen) atoms. The van der Waals surface area contributed by atoms with Crippen molar-refractivity contribution in [1.82, 2.24) is 5.43 Å². The molecule has 0 radical (unpaired) electrons. The molecule has 0 atom stereocenters. The van der Waals surface area contributed by atoms with Gasteiger partial charge in [0.15, 0.2) is 6.61 Å². The number of furan rings is 1. The minimum Gasteiger partial charge on any atom is -0.484 e. The van der Waals surface area contributed by atoms with Gasteiger partial charge in [0.2, 0.25) is 0 Å². The van der Waals surface area contributed by atoms with Gasteiger partial charge in [-0.3, -0.25) is 4.79 Å². The molecule has 1 N–H and O–H groups in total. The predicted octanol–water partition coefficient (Wildman–Crippen LogP) is 4.03. The molecule has 0 fully saturated rings. The summed E-state index contributed by atoms with van der Waals surface area (Å²) in [6.07, 6.45) is 1.44. The number of nitrogens with zero attached hydrogens (tertiary/aromatic N) is 1. The van der Waals surface area contributed by atoms with Crippen molar-refractivity contribution in [2.24, 2.45) is 5.10 Å². The lowest BCUT2D eigenvalue weighted by Gasteiger charge is -2.06. The topological polar surface area (TPSA) is 63.8 Å². The molecule has 122 valence electrons. The molecule has 0 bridgehead atoms. The van der Waals surface area contributed by atoms with Crippen LogP contribution in [-0.4, -0.2) is 18.7 Å². The van der Waals surface area contributed by atoms with Crippen LogP contribution < -0.4 is 10.2 Å². The fourth-order valence-corrected chi connectivity index (χ4v) is 2.46. The number of benzene rings is 2. The highest BCUT2D eigenvalue weighted by atomic mass is 79.9. The van der Waals surface area contributed by atoms with Gasteiger partial charge in [-0.15, -0.1) is 0 Å². The number of hydrogen-bond donors (Lipinski definition) is 1. The third-order valence-corrected chi connectivity index (χ3v) is 4.14. The highest BCUT2D eigenvalue weighted by molar-refractivity contribution is 9.10. The summed E-state index contributed by atoms with van der Waals surface area (Å²) in [6.45, 7) is 1.72. The fraction of sp³-hybridized carbons (Fsp3) is 0.111. The van der Waals surface area contributed by atoms with E-state index >= 15 is 0 Å². The molecular weight excluding hydrogens is 372 g/mol. The van der Waals surface area contributed by atoms with Crippen molar-refractivity contribution < 1.29 is 13.9 Å². The molecule has 0 spiro atoms. The number of carbonyl (C=O) groups excluding carboxylic acids is 1. The first-order valence-corrected chi connectivity index (χ1v) is 8.10. The Kier molecular flexibility index (Phi) is 4.96. The van der Waals surface area contributed by atoms with Crippen LogP contribution in [0.4, 0.5) is 0 Å². The van der Waals surface area contributed by atoms with Crippen LogP contribution in [0, 0.1) is 6.92 Å². The molecule has 1 aromatic heterocycles. The van der Waals surface area contributed by atoms with Crippen molar-refractivity contribution in [1.29, 1.82) is 0 Å². The predicted molar refractivity (Wildman–Crippen MR) is 96.3 cm³/mol. The van der Waals surface area contributed by atoms with Crippen molar-refractivity contribution in [3.05, 3.63) is 64.5 Å². The number of fused-ring (bicyclic) bond motifs is 1. The third-order valence-electron chi connectivity index (χ3n) is 3.35. The van der Waals surface area contributed by atoms with Crippen LogP contribution in [0.5, 0.6) is 5.75 Å². The van der Waals surface area contributed by atoms with Crippen molar-refractivity contribution in [3.8, 4) is 5.75 Å². The van der Waals surface area contributed by atoms with Gasteiger partial charge in [-0.1, -0.05) is 30.3 Å². The fourth-order valence-electron chi connectivity index (χ4n) is 2.15. The van der Waals surface area contributed by atoms with E-state index in [-0.39, 0.29) is 12.5 Å². The highest BCUT2D eigenvalue weighted by Gasteiger charge is 2.04. The maximum absolute atomic E-state index is 11.8. The first-order chi connectivity index (χ1) is 11.6. The van der Waals surface area contributed by atoms with Crippen LogP contribution in [0.15, 0.2) is 62.5 Å². The zero-order valence-corrected chi connectivity index (χ0v) is 14.5. The monoisotopic (exact) mass is 386 g/mol. The summed E-state index contributed by atoms with van der Waals surface area (Å²) in [6, 6.07) is 15.4. The number of ether oxygens (including phenoxy) is 1. The maximum atomic E-state index is 11.8. The van der Waals surface area contributed by atoms with Crippen molar-refractivity contribution >= 4 is 38.8 Å². The van der Waals surface area contributed by atoms with Gasteiger partial charge in [0.05, 0.1) is 10.7 Å². The number of carbonyl (C=O) groups is 1. The first-order valence-electron chi connectivity index (χ1n) is 7.31. The molecule has 3 rings (SSSR count). The van der Waals surface area contributed by atoms with E-state index in [1.807, 2.05) is 49.4 Å². The third kappa shape index (κ3) is 4.02. The lowest BCUT2D eigenvalue weighted by atomic mass is 10.1. The average Bonchev–Trinajstić information content (AvgIpc) is 2.91. The van der Waals surface area contributed by atoms with Crippen LogP contribution in [0.1, 0.15) is 11.5 Å². The molecule has 0 aliphatic heterocycles. The molecule has 2 aromatic carbocycles. The van der Waals surface area contributed by atoms with Crippen LogP contribution in [0.3, 0.4) is 0 Å². The van der Waals surface area contributed by atoms with Gasteiger partial charge >= 0.3 is 0 Å². The summed E-state index contributed by atoms with van der Waals surface area (Å²) in [5, 5.41) is 6.03. The second-order valence-corrected chi connectivity index (χ2v) is 6.00. The lowest BCUT2D eigenvalue weighted by molar-refractivity contribution is -0.123. The van der Waals surface area contributed by atoms with E-state index in [9.17, 15) is 4.79 Å². The molecule has 0 saturated carbocycles. The summed E-state index contributed by atoms with van der Waals surface area (Å²) >= 11 is 3.34. The van der Waals surface area contributed by atoms with Gasteiger partial charge in [-0.05, 0) is 45.8 Å². The zero-order chi connectivity index (χ0) is 16.9. The van der Waals surface area contributed by atoms with E-state index in [2.05, 4.69) is 26.5 Å². The number of hydrazone groups is 1. The number of nitrogens with one attached hydrogen (secondary N) is 1. The molecule has 1 amide bonds. The first kappa shape index (κ1) is 16.3. The zero-order valence-electron chi connectivity index (χ0n) is 13.0. The van der Waals surface area contributed by atoms with Gasteiger partial charge in [-0.2, -0.15) is 5.10 Å². The Hall–Kier alpha value is -2.60. The molecule has 5 nitrogen and oxygen atoms in total. The number of hydrogen-bond acceptors (Lipinski definition) is 4. The van der Waals surface area contributed by atoms with Gasteiger partial charge in [-0.25, -0.2) is 5.43 Å². The summed E-state index contributed by atoms with van der Waals surface area (Å²) in [5.74, 6) is 1.60. The van der Waals surface area contributed by atoms with Crippen molar-refractivity contribution in [2.45, 2.75) is 6.92 Å². The molecule has 6 heteroatoms. The summed E-state index contributed by atoms with van der Waals surface area (Å²) in [7, 11) is 0. The van der Waals surface area contributed by atoms with E-state index in [0.29, 0.717) is 11.5 Å². The SMILES string of the molecule is Cc1oc(/C=N/NC(=O)COc2ccc3ccccc3c2)cc1Br. The molecule has 1 heterocycles. The van der Waals surface area contributed by atoms with Gasteiger partial charge in [0.25, 0.3) is 5.91 Å². The lowest BCUT2D eigenvalue weighted by Crippen LogP contribution is -2.24. The Morgan fingerprint density at radius 3 is 2.79 bits per heavy atom. The smallest absolute Gasteiger partial charge is 0.277 e. The number of rotatable bonds is 5. The Balaban J connectivity index is 1.52. The number of aryl methyl sites for hydroxylation is 1. The van der Waals surface area contributed by atoms with Crippen LogP contribution in [0.25, 0.3) is 10.8 Å². The van der Waals surface area contributed by atoms with E-state index < -0.39 is 0 Å². The largest absolute Gasteiger partial charge is 0.484 e. The molecule has 0 unspecified atom stereocenters. The molecule has 0 saturated heterocycles. The Labute approximate surface area is 147 Å². The molecule has 3 aromatic rings.